The molecule has 1 aliphatic rings. The van der Waals surface area contributed by atoms with Crippen molar-refractivity contribution >= 4 is 5.91 Å². The van der Waals surface area contributed by atoms with Crippen LogP contribution >= 0.6 is 0 Å². The molecular weight excluding hydrogens is 390 g/mol. The minimum atomic E-state index is -0.429. The first-order valence-corrected chi connectivity index (χ1v) is 11.0. The summed E-state index contributed by atoms with van der Waals surface area (Å²) in [6, 6.07) is 12.0. The first-order chi connectivity index (χ1) is 14.8. The van der Waals surface area contributed by atoms with Crippen molar-refractivity contribution in [3.63, 3.8) is 0 Å². The van der Waals surface area contributed by atoms with Crippen LogP contribution in [-0.4, -0.2) is 43.1 Å². The average Bonchev–Trinajstić information content (AvgIpc) is 2.77. The molecule has 6 nitrogen and oxygen atoms in total. The van der Waals surface area contributed by atoms with E-state index in [4.69, 9.17) is 9.47 Å². The van der Waals surface area contributed by atoms with Crippen LogP contribution in [0, 0.1) is 11.3 Å². The monoisotopic (exact) mass is 425 g/mol. The third-order valence-electron chi connectivity index (χ3n) is 5.93. The third kappa shape index (κ3) is 5.97. The average molecular weight is 426 g/mol. The number of benzene rings is 1. The van der Waals surface area contributed by atoms with Crippen LogP contribution in [-0.2, 0) is 11.3 Å². The van der Waals surface area contributed by atoms with Crippen molar-refractivity contribution < 1.29 is 14.3 Å². The van der Waals surface area contributed by atoms with E-state index in [1.807, 2.05) is 51.1 Å². The van der Waals surface area contributed by atoms with E-state index < -0.39 is 5.41 Å². The van der Waals surface area contributed by atoms with Crippen molar-refractivity contribution in [1.82, 2.24) is 15.2 Å². The fourth-order valence-electron chi connectivity index (χ4n) is 4.03. The lowest BCUT2D eigenvalue weighted by Crippen LogP contribution is -2.44. The fraction of sp³-hybridized carbons (Fsp3) is 0.520. The van der Waals surface area contributed by atoms with E-state index in [-0.39, 0.29) is 11.9 Å². The van der Waals surface area contributed by atoms with E-state index in [9.17, 15) is 4.79 Å². The molecule has 0 bridgehead atoms. The number of hydrogen-bond acceptors (Lipinski definition) is 5. The topological polar surface area (TPSA) is 63.7 Å². The Hall–Kier alpha value is -2.60. The molecule has 2 heterocycles. The SMILES string of the molecule is COc1ccc(CN2CCC(C(NC(=O)C(C)(C)C)c3ccccn3)CC2)cc1OC. The Labute approximate surface area is 186 Å². The molecule has 1 fully saturated rings. The second-order valence-electron chi connectivity index (χ2n) is 9.26. The Balaban J connectivity index is 1.66. The summed E-state index contributed by atoms with van der Waals surface area (Å²) in [5, 5.41) is 3.28. The summed E-state index contributed by atoms with van der Waals surface area (Å²) < 4.78 is 10.8. The first kappa shape index (κ1) is 23.1. The van der Waals surface area contributed by atoms with E-state index >= 15 is 0 Å². The molecule has 6 heteroatoms. The molecule has 168 valence electrons. The van der Waals surface area contributed by atoms with E-state index in [0.29, 0.717) is 5.92 Å². The van der Waals surface area contributed by atoms with Gasteiger partial charge >= 0.3 is 0 Å². The number of nitrogens with one attached hydrogen (secondary N) is 1. The summed E-state index contributed by atoms with van der Waals surface area (Å²) >= 11 is 0. The zero-order valence-corrected chi connectivity index (χ0v) is 19.4. The molecule has 0 radical (unpaired) electrons. The first-order valence-electron chi connectivity index (χ1n) is 11.0. The van der Waals surface area contributed by atoms with Crippen molar-refractivity contribution in [2.24, 2.45) is 11.3 Å². The van der Waals surface area contributed by atoms with Gasteiger partial charge in [0, 0.05) is 18.2 Å². The number of pyridine rings is 1. The molecule has 0 spiro atoms. The molecule has 0 saturated carbocycles. The Morgan fingerprint density at radius 2 is 1.84 bits per heavy atom. The molecule has 1 aromatic carbocycles. The van der Waals surface area contributed by atoms with Crippen molar-refractivity contribution in [3.8, 4) is 11.5 Å². The lowest BCUT2D eigenvalue weighted by molar-refractivity contribution is -0.129. The van der Waals surface area contributed by atoms with Crippen LogP contribution in [0.1, 0.15) is 50.9 Å². The van der Waals surface area contributed by atoms with Crippen LogP contribution in [0.25, 0.3) is 0 Å². The number of aromatic nitrogens is 1. The molecule has 2 aromatic rings. The van der Waals surface area contributed by atoms with Crippen molar-refractivity contribution in [1.29, 1.82) is 0 Å². The van der Waals surface area contributed by atoms with Gasteiger partial charge in [-0.05, 0) is 61.7 Å². The fourth-order valence-corrected chi connectivity index (χ4v) is 4.03. The van der Waals surface area contributed by atoms with Crippen LogP contribution in [0.15, 0.2) is 42.6 Å². The number of hydrogen-bond donors (Lipinski definition) is 1. The summed E-state index contributed by atoms with van der Waals surface area (Å²) in [4.78, 5) is 19.8. The second-order valence-corrected chi connectivity index (χ2v) is 9.26. The maximum Gasteiger partial charge on any atom is 0.225 e. The van der Waals surface area contributed by atoms with Crippen LogP contribution in [0.2, 0.25) is 0 Å². The summed E-state index contributed by atoms with van der Waals surface area (Å²) in [5.41, 5.74) is 1.72. The molecule has 1 N–H and O–H groups in total. The van der Waals surface area contributed by atoms with Crippen molar-refractivity contribution in [2.45, 2.75) is 46.2 Å². The molecule has 1 amide bonds. The molecule has 0 aliphatic carbocycles. The molecule has 1 aliphatic heterocycles. The molecular formula is C25H35N3O3. The van der Waals surface area contributed by atoms with Crippen LogP contribution in [0.3, 0.4) is 0 Å². The van der Waals surface area contributed by atoms with Gasteiger partial charge in [0.1, 0.15) is 0 Å². The molecule has 1 unspecified atom stereocenters. The van der Waals surface area contributed by atoms with Crippen LogP contribution < -0.4 is 14.8 Å². The zero-order valence-electron chi connectivity index (χ0n) is 19.4. The standard InChI is InChI=1S/C25H35N3O3/c1-25(2,3)24(29)27-23(20-8-6-7-13-26-20)19-11-14-28(15-12-19)17-18-9-10-21(30-4)22(16-18)31-5/h6-10,13,16,19,23H,11-12,14-15,17H2,1-5H3,(H,27,29). The minimum absolute atomic E-state index is 0.0591. The van der Waals surface area contributed by atoms with Gasteiger partial charge in [-0.2, -0.15) is 0 Å². The highest BCUT2D eigenvalue weighted by molar-refractivity contribution is 5.81. The van der Waals surface area contributed by atoms with Gasteiger partial charge in [0.2, 0.25) is 5.91 Å². The lowest BCUT2D eigenvalue weighted by atomic mass is 9.85. The van der Waals surface area contributed by atoms with Gasteiger partial charge in [0.25, 0.3) is 0 Å². The number of methoxy groups -OCH3 is 2. The van der Waals surface area contributed by atoms with Gasteiger partial charge in [-0.1, -0.05) is 32.9 Å². The van der Waals surface area contributed by atoms with Gasteiger partial charge in [0.05, 0.1) is 26.0 Å². The number of carbonyl (C=O) groups excluding carboxylic acids is 1. The maximum absolute atomic E-state index is 12.7. The van der Waals surface area contributed by atoms with Gasteiger partial charge in [-0.3, -0.25) is 14.7 Å². The number of likely N-dealkylation sites (tertiary alicyclic amines) is 1. The molecule has 1 aromatic heterocycles. The molecule has 31 heavy (non-hydrogen) atoms. The quantitative estimate of drug-likeness (QED) is 0.720. The number of ether oxygens (including phenoxy) is 2. The van der Waals surface area contributed by atoms with E-state index in [0.717, 1.165) is 49.7 Å². The normalized spacial score (nSPS) is 16.5. The van der Waals surface area contributed by atoms with E-state index in [1.165, 1.54) is 5.56 Å². The number of piperidine rings is 1. The minimum Gasteiger partial charge on any atom is -0.493 e. The van der Waals surface area contributed by atoms with E-state index in [1.54, 1.807) is 20.4 Å². The second kappa shape index (κ2) is 10.1. The summed E-state index contributed by atoms with van der Waals surface area (Å²) in [6.45, 7) is 8.67. The van der Waals surface area contributed by atoms with Gasteiger partial charge < -0.3 is 14.8 Å². The third-order valence-corrected chi connectivity index (χ3v) is 5.93. The van der Waals surface area contributed by atoms with Crippen molar-refractivity contribution in [3.05, 3.63) is 53.9 Å². The highest BCUT2D eigenvalue weighted by Gasteiger charge is 2.32. The van der Waals surface area contributed by atoms with Gasteiger partial charge in [-0.25, -0.2) is 0 Å². The zero-order chi connectivity index (χ0) is 22.4. The number of nitrogens with zero attached hydrogens (tertiary/aromatic N) is 2. The summed E-state index contributed by atoms with van der Waals surface area (Å²) in [6.07, 6.45) is 3.83. The van der Waals surface area contributed by atoms with Crippen LogP contribution in [0.5, 0.6) is 11.5 Å². The number of amides is 1. The molecule has 3 rings (SSSR count). The van der Waals surface area contributed by atoms with Gasteiger partial charge in [-0.15, -0.1) is 0 Å². The lowest BCUT2D eigenvalue weighted by Gasteiger charge is -2.37. The smallest absolute Gasteiger partial charge is 0.225 e. The van der Waals surface area contributed by atoms with Crippen molar-refractivity contribution in [2.75, 3.05) is 27.3 Å². The predicted octanol–water partition coefficient (Wildman–Crippen LogP) is 4.21. The number of carbonyl (C=O) groups is 1. The molecule has 1 atom stereocenters. The van der Waals surface area contributed by atoms with E-state index in [2.05, 4.69) is 21.3 Å². The molecule has 1 saturated heterocycles. The highest BCUT2D eigenvalue weighted by Crippen LogP contribution is 2.33. The maximum atomic E-state index is 12.7. The summed E-state index contributed by atoms with van der Waals surface area (Å²) in [7, 11) is 3.31. The Morgan fingerprint density at radius 3 is 2.42 bits per heavy atom. The largest absolute Gasteiger partial charge is 0.493 e. The van der Waals surface area contributed by atoms with Gasteiger partial charge in [0.15, 0.2) is 11.5 Å². The number of rotatable bonds is 7. The van der Waals surface area contributed by atoms with Crippen LogP contribution in [0.4, 0.5) is 0 Å². The Bertz CT molecular complexity index is 856. The Kier molecular flexibility index (Phi) is 7.55. The predicted molar refractivity (Wildman–Crippen MR) is 122 cm³/mol. The summed E-state index contributed by atoms with van der Waals surface area (Å²) in [5.74, 6) is 1.94. The highest BCUT2D eigenvalue weighted by atomic mass is 16.5. The Morgan fingerprint density at radius 1 is 1.13 bits per heavy atom.